The van der Waals surface area contributed by atoms with Gasteiger partial charge in [-0.05, 0) is 12.1 Å². The van der Waals surface area contributed by atoms with Crippen LogP contribution >= 0.6 is 0 Å². The fourth-order valence-corrected chi connectivity index (χ4v) is 1.60. The predicted octanol–water partition coefficient (Wildman–Crippen LogP) is 2.59. The molecule has 0 saturated carbocycles. The first kappa shape index (κ1) is 13.7. The minimum atomic E-state index is -1.16. The van der Waals surface area contributed by atoms with E-state index >= 15 is 0 Å². The van der Waals surface area contributed by atoms with Crippen LogP contribution in [-0.4, -0.2) is 30.3 Å². The van der Waals surface area contributed by atoms with Gasteiger partial charge in [0.1, 0.15) is 17.2 Å². The monoisotopic (exact) mass is 275 g/mol. The van der Waals surface area contributed by atoms with Gasteiger partial charge in [0.2, 0.25) is 0 Å². The van der Waals surface area contributed by atoms with E-state index in [9.17, 15) is 4.79 Å². The normalized spacial score (nSPS) is 9.90. The largest absolute Gasteiger partial charge is 0.496 e. The van der Waals surface area contributed by atoms with E-state index in [1.807, 2.05) is 0 Å². The second kappa shape index (κ2) is 5.92. The van der Waals surface area contributed by atoms with Crippen molar-refractivity contribution in [3.63, 3.8) is 0 Å². The second-order valence-corrected chi connectivity index (χ2v) is 3.81. The Morgan fingerprint density at radius 3 is 2.25 bits per heavy atom. The van der Waals surface area contributed by atoms with Crippen LogP contribution in [0, 0.1) is 0 Å². The van der Waals surface area contributed by atoms with Gasteiger partial charge in [0.05, 0.1) is 14.2 Å². The molecule has 0 atom stereocenters. The summed E-state index contributed by atoms with van der Waals surface area (Å²) in [6.45, 7) is 0. The third kappa shape index (κ3) is 2.97. The molecule has 1 aromatic heterocycles. The third-order valence-electron chi connectivity index (χ3n) is 2.53. The molecule has 1 aromatic carbocycles. The van der Waals surface area contributed by atoms with Gasteiger partial charge in [0.15, 0.2) is 11.4 Å². The Balaban J connectivity index is 2.37. The van der Waals surface area contributed by atoms with Crippen LogP contribution in [0.2, 0.25) is 0 Å². The van der Waals surface area contributed by atoms with Crippen molar-refractivity contribution in [3.05, 3.63) is 42.2 Å². The topological polar surface area (TPSA) is 77.9 Å². The lowest BCUT2D eigenvalue weighted by molar-refractivity contribution is 0.0687. The molecule has 1 N–H and O–H groups in total. The number of methoxy groups -OCH3 is 2. The smallest absolute Gasteiger partial charge is 0.358 e. The molecule has 0 fully saturated rings. The SMILES string of the molecule is COc1cc(OC)cc(Oc2cccnc2C(=O)O)c1. The molecule has 6 nitrogen and oxygen atoms in total. The number of hydrogen-bond acceptors (Lipinski definition) is 5. The summed E-state index contributed by atoms with van der Waals surface area (Å²) in [6.07, 6.45) is 1.39. The molecule has 6 heteroatoms. The number of carboxylic acid groups (broad SMARTS) is 1. The molecule has 0 aliphatic heterocycles. The fourth-order valence-electron chi connectivity index (χ4n) is 1.60. The van der Waals surface area contributed by atoms with Crippen LogP contribution in [0.3, 0.4) is 0 Å². The standard InChI is InChI=1S/C14H13NO5/c1-18-9-6-10(19-2)8-11(7-9)20-12-4-3-5-15-13(12)14(16)17/h3-8H,1-2H3,(H,16,17). The highest BCUT2D eigenvalue weighted by molar-refractivity contribution is 5.88. The van der Waals surface area contributed by atoms with Crippen LogP contribution in [0.1, 0.15) is 10.5 Å². The third-order valence-corrected chi connectivity index (χ3v) is 2.53. The number of pyridine rings is 1. The Kier molecular flexibility index (Phi) is 4.05. The average molecular weight is 275 g/mol. The molecule has 0 radical (unpaired) electrons. The van der Waals surface area contributed by atoms with Gasteiger partial charge in [-0.3, -0.25) is 0 Å². The van der Waals surface area contributed by atoms with E-state index < -0.39 is 5.97 Å². The van der Waals surface area contributed by atoms with E-state index in [1.54, 1.807) is 24.3 Å². The highest BCUT2D eigenvalue weighted by Gasteiger charge is 2.13. The number of rotatable bonds is 5. The Labute approximate surface area is 115 Å². The van der Waals surface area contributed by atoms with Crippen LogP contribution in [0.15, 0.2) is 36.5 Å². The molecule has 0 spiro atoms. The molecule has 0 saturated heterocycles. The highest BCUT2D eigenvalue weighted by Crippen LogP contribution is 2.31. The van der Waals surface area contributed by atoms with Crippen LogP contribution in [-0.2, 0) is 0 Å². The summed E-state index contributed by atoms with van der Waals surface area (Å²) in [4.78, 5) is 14.8. The summed E-state index contributed by atoms with van der Waals surface area (Å²) in [6, 6.07) is 8.07. The van der Waals surface area contributed by atoms with Crippen LogP contribution in [0.4, 0.5) is 0 Å². The summed E-state index contributed by atoms with van der Waals surface area (Å²) in [5.41, 5.74) is -0.158. The van der Waals surface area contributed by atoms with E-state index in [-0.39, 0.29) is 11.4 Å². The quantitative estimate of drug-likeness (QED) is 0.903. The maximum Gasteiger partial charge on any atom is 0.358 e. The van der Waals surface area contributed by atoms with E-state index in [0.29, 0.717) is 17.2 Å². The Morgan fingerprint density at radius 2 is 1.70 bits per heavy atom. The number of nitrogens with zero attached hydrogens (tertiary/aromatic N) is 1. The number of ether oxygens (including phenoxy) is 3. The molecule has 1 heterocycles. The van der Waals surface area contributed by atoms with Crippen LogP contribution in [0.5, 0.6) is 23.0 Å². The van der Waals surface area contributed by atoms with Crippen molar-refractivity contribution in [1.82, 2.24) is 4.98 Å². The van der Waals surface area contributed by atoms with E-state index in [1.165, 1.54) is 26.5 Å². The Hall–Kier alpha value is -2.76. The first-order chi connectivity index (χ1) is 9.63. The Morgan fingerprint density at radius 1 is 1.10 bits per heavy atom. The lowest BCUT2D eigenvalue weighted by Gasteiger charge is -2.11. The van der Waals surface area contributed by atoms with Crippen molar-refractivity contribution in [1.29, 1.82) is 0 Å². The number of aromatic carboxylic acids is 1. The zero-order chi connectivity index (χ0) is 14.5. The van der Waals surface area contributed by atoms with Crippen molar-refractivity contribution in [2.75, 3.05) is 14.2 Å². The number of aromatic nitrogens is 1. The van der Waals surface area contributed by atoms with Gasteiger partial charge in [-0.1, -0.05) is 0 Å². The first-order valence-corrected chi connectivity index (χ1v) is 5.73. The summed E-state index contributed by atoms with van der Waals surface area (Å²) >= 11 is 0. The number of benzene rings is 1. The lowest BCUT2D eigenvalue weighted by Crippen LogP contribution is -2.02. The maximum absolute atomic E-state index is 11.1. The van der Waals surface area contributed by atoms with Crippen molar-refractivity contribution < 1.29 is 24.1 Å². The molecule has 0 bridgehead atoms. The zero-order valence-electron chi connectivity index (χ0n) is 11.0. The lowest BCUT2D eigenvalue weighted by atomic mass is 10.3. The van der Waals surface area contributed by atoms with Crippen LogP contribution in [0.25, 0.3) is 0 Å². The van der Waals surface area contributed by atoms with Gasteiger partial charge >= 0.3 is 5.97 Å². The molecule has 0 unspecified atom stereocenters. The van der Waals surface area contributed by atoms with Crippen molar-refractivity contribution in [3.8, 4) is 23.0 Å². The van der Waals surface area contributed by atoms with Crippen molar-refractivity contribution in [2.45, 2.75) is 0 Å². The molecule has 0 aliphatic carbocycles. The predicted molar refractivity (Wildman–Crippen MR) is 70.8 cm³/mol. The van der Waals surface area contributed by atoms with Crippen molar-refractivity contribution in [2.24, 2.45) is 0 Å². The number of hydrogen-bond donors (Lipinski definition) is 1. The van der Waals surface area contributed by atoms with E-state index in [4.69, 9.17) is 19.3 Å². The second-order valence-electron chi connectivity index (χ2n) is 3.81. The van der Waals surface area contributed by atoms with E-state index in [0.717, 1.165) is 0 Å². The van der Waals surface area contributed by atoms with Gasteiger partial charge in [-0.25, -0.2) is 9.78 Å². The minimum absolute atomic E-state index is 0.148. The molecule has 104 valence electrons. The highest BCUT2D eigenvalue weighted by atomic mass is 16.5. The van der Waals surface area contributed by atoms with Gasteiger partial charge in [-0.15, -0.1) is 0 Å². The summed E-state index contributed by atoms with van der Waals surface area (Å²) in [5.74, 6) is 0.475. The molecule has 0 aliphatic rings. The summed E-state index contributed by atoms with van der Waals surface area (Å²) in [7, 11) is 3.04. The van der Waals surface area contributed by atoms with Gasteiger partial charge in [0.25, 0.3) is 0 Å². The maximum atomic E-state index is 11.1. The van der Waals surface area contributed by atoms with Crippen molar-refractivity contribution >= 4 is 5.97 Å². The average Bonchev–Trinajstić information content (AvgIpc) is 2.47. The minimum Gasteiger partial charge on any atom is -0.496 e. The Bertz CT molecular complexity index is 604. The van der Waals surface area contributed by atoms with Gasteiger partial charge in [0, 0.05) is 24.4 Å². The fraction of sp³-hybridized carbons (Fsp3) is 0.143. The van der Waals surface area contributed by atoms with Crippen LogP contribution < -0.4 is 14.2 Å². The summed E-state index contributed by atoms with van der Waals surface area (Å²) < 4.78 is 15.8. The first-order valence-electron chi connectivity index (χ1n) is 5.73. The van der Waals surface area contributed by atoms with Gasteiger partial charge in [-0.2, -0.15) is 0 Å². The van der Waals surface area contributed by atoms with Gasteiger partial charge < -0.3 is 19.3 Å². The summed E-state index contributed by atoms with van der Waals surface area (Å²) in [5, 5.41) is 9.05. The molecule has 20 heavy (non-hydrogen) atoms. The number of carbonyl (C=O) groups is 1. The molecular weight excluding hydrogens is 262 g/mol. The van der Waals surface area contributed by atoms with E-state index in [2.05, 4.69) is 4.98 Å². The molecule has 2 rings (SSSR count). The molecule has 0 amide bonds. The molecule has 2 aromatic rings. The number of carboxylic acids is 1. The zero-order valence-corrected chi connectivity index (χ0v) is 11.0. The molecular formula is C14H13NO5.